The molecule has 5 nitrogen and oxygen atoms in total. The molecule has 3 rings (SSSR count). The Bertz CT molecular complexity index is 899. The third-order valence-electron chi connectivity index (χ3n) is 3.94. The van der Waals surface area contributed by atoms with Crippen LogP contribution in [0.1, 0.15) is 22.8 Å². The summed E-state index contributed by atoms with van der Waals surface area (Å²) in [6.07, 6.45) is 2.95. The number of nitrogens with zero attached hydrogens (tertiary/aromatic N) is 1. The fourth-order valence-electron chi connectivity index (χ4n) is 2.53. The van der Waals surface area contributed by atoms with Crippen molar-refractivity contribution < 1.29 is 14.3 Å². The Labute approximate surface area is 152 Å². The molecule has 0 saturated carbocycles. The van der Waals surface area contributed by atoms with Gasteiger partial charge in [-0.15, -0.1) is 0 Å². The zero-order valence-electron chi connectivity index (χ0n) is 14.7. The van der Waals surface area contributed by atoms with Crippen LogP contribution >= 0.6 is 0 Å². The van der Waals surface area contributed by atoms with E-state index in [-0.39, 0.29) is 5.91 Å². The number of nitrogens with one attached hydrogen (secondary N) is 1. The highest BCUT2D eigenvalue weighted by molar-refractivity contribution is 5.97. The molecule has 1 N–H and O–H groups in total. The molecule has 1 heterocycles. The van der Waals surface area contributed by atoms with Gasteiger partial charge in [0.05, 0.1) is 5.56 Å². The van der Waals surface area contributed by atoms with Crippen LogP contribution in [0.25, 0.3) is 5.69 Å². The summed E-state index contributed by atoms with van der Waals surface area (Å²) in [5.41, 5.74) is 3.05. The molecule has 0 saturated heterocycles. The summed E-state index contributed by atoms with van der Waals surface area (Å²) in [7, 11) is 0. The number of carbonyl (C=O) groups excluding carboxylic acids is 2. The van der Waals surface area contributed by atoms with Crippen LogP contribution < -0.4 is 5.32 Å². The van der Waals surface area contributed by atoms with E-state index in [9.17, 15) is 9.59 Å². The second-order valence-electron chi connectivity index (χ2n) is 6.04. The van der Waals surface area contributed by atoms with E-state index in [0.717, 1.165) is 11.3 Å². The van der Waals surface area contributed by atoms with Crippen molar-refractivity contribution in [2.75, 3.05) is 5.32 Å². The Hall–Kier alpha value is -3.34. The summed E-state index contributed by atoms with van der Waals surface area (Å²) >= 11 is 0. The first-order valence-electron chi connectivity index (χ1n) is 8.35. The van der Waals surface area contributed by atoms with Gasteiger partial charge in [-0.1, -0.05) is 12.1 Å². The zero-order chi connectivity index (χ0) is 18.5. The predicted molar refractivity (Wildman–Crippen MR) is 100 cm³/mol. The molecule has 2 aromatic carbocycles. The van der Waals surface area contributed by atoms with Gasteiger partial charge in [-0.3, -0.25) is 4.79 Å². The molecule has 0 aliphatic carbocycles. The molecule has 3 aromatic rings. The van der Waals surface area contributed by atoms with E-state index in [0.29, 0.717) is 11.3 Å². The van der Waals surface area contributed by atoms with E-state index in [1.54, 1.807) is 25.1 Å². The highest BCUT2D eigenvalue weighted by Crippen LogP contribution is 2.13. The van der Waals surface area contributed by atoms with Crippen LogP contribution in [-0.4, -0.2) is 22.5 Å². The first kappa shape index (κ1) is 17.5. The number of amides is 1. The van der Waals surface area contributed by atoms with Crippen LogP contribution in [-0.2, 0) is 9.53 Å². The number of aryl methyl sites for hydroxylation is 1. The summed E-state index contributed by atoms with van der Waals surface area (Å²) in [5.74, 6) is -0.899. The van der Waals surface area contributed by atoms with Crippen LogP contribution in [0.4, 0.5) is 5.69 Å². The van der Waals surface area contributed by atoms with Gasteiger partial charge in [-0.2, -0.15) is 0 Å². The molecule has 0 spiro atoms. The molecule has 1 aromatic heterocycles. The number of ether oxygens (including phenoxy) is 1. The largest absolute Gasteiger partial charge is 0.449 e. The molecule has 1 amide bonds. The molecule has 5 heteroatoms. The van der Waals surface area contributed by atoms with Crippen LogP contribution in [0.2, 0.25) is 0 Å². The van der Waals surface area contributed by atoms with E-state index >= 15 is 0 Å². The second-order valence-corrected chi connectivity index (χ2v) is 6.04. The van der Waals surface area contributed by atoms with Gasteiger partial charge >= 0.3 is 5.97 Å². The average Bonchev–Trinajstić information content (AvgIpc) is 3.16. The van der Waals surface area contributed by atoms with Gasteiger partial charge in [-0.05, 0) is 67.9 Å². The average molecular weight is 348 g/mol. The summed E-state index contributed by atoms with van der Waals surface area (Å²) in [5, 5.41) is 2.75. The highest BCUT2D eigenvalue weighted by Gasteiger charge is 2.19. The van der Waals surface area contributed by atoms with Crippen LogP contribution in [0, 0.1) is 6.92 Å². The Kier molecular flexibility index (Phi) is 5.17. The lowest BCUT2D eigenvalue weighted by atomic mass is 10.2. The molecule has 0 aliphatic heterocycles. The van der Waals surface area contributed by atoms with Crippen molar-refractivity contribution in [2.24, 2.45) is 0 Å². The Balaban J connectivity index is 1.60. The number of carbonyl (C=O) groups is 2. The smallest absolute Gasteiger partial charge is 0.338 e. The number of esters is 1. The minimum atomic E-state index is -0.896. The van der Waals surface area contributed by atoms with Crippen molar-refractivity contribution >= 4 is 17.6 Å². The van der Waals surface area contributed by atoms with E-state index in [1.807, 2.05) is 66.3 Å². The standard InChI is InChI=1S/C21H20N2O3/c1-15-6-5-7-18(14-15)22-20(24)16(2)26-21(25)17-8-10-19(11-9-17)23-12-3-4-13-23/h3-14,16H,1-2H3,(H,22,24)/t16-/m0/s1. The zero-order valence-corrected chi connectivity index (χ0v) is 14.7. The van der Waals surface area contributed by atoms with Crippen LogP contribution in [0.5, 0.6) is 0 Å². The molecule has 0 fully saturated rings. The molecule has 0 aliphatic rings. The van der Waals surface area contributed by atoms with Crippen molar-refractivity contribution in [1.82, 2.24) is 4.57 Å². The number of hydrogen-bond acceptors (Lipinski definition) is 3. The third-order valence-corrected chi connectivity index (χ3v) is 3.94. The molecular formula is C21H20N2O3. The molecule has 0 bridgehead atoms. The van der Waals surface area contributed by atoms with E-state index in [2.05, 4.69) is 5.32 Å². The summed E-state index contributed by atoms with van der Waals surface area (Å²) in [6.45, 7) is 3.49. The van der Waals surface area contributed by atoms with Crippen molar-refractivity contribution in [1.29, 1.82) is 0 Å². The van der Waals surface area contributed by atoms with Gasteiger partial charge in [0.25, 0.3) is 5.91 Å². The van der Waals surface area contributed by atoms with Gasteiger partial charge in [0.2, 0.25) is 0 Å². The lowest BCUT2D eigenvalue weighted by molar-refractivity contribution is -0.123. The van der Waals surface area contributed by atoms with Gasteiger partial charge in [0.1, 0.15) is 0 Å². The van der Waals surface area contributed by atoms with Gasteiger partial charge in [0.15, 0.2) is 6.10 Å². The maximum atomic E-state index is 12.3. The lowest BCUT2D eigenvalue weighted by Gasteiger charge is -2.14. The van der Waals surface area contributed by atoms with Crippen molar-refractivity contribution in [3.8, 4) is 5.69 Å². The predicted octanol–water partition coefficient (Wildman–Crippen LogP) is 3.97. The van der Waals surface area contributed by atoms with Crippen molar-refractivity contribution in [3.05, 3.63) is 84.2 Å². The summed E-state index contributed by atoms with van der Waals surface area (Å²) in [6, 6.07) is 18.3. The highest BCUT2D eigenvalue weighted by atomic mass is 16.5. The molecule has 0 radical (unpaired) electrons. The van der Waals surface area contributed by atoms with Gasteiger partial charge in [-0.25, -0.2) is 4.79 Å². The maximum absolute atomic E-state index is 12.3. The van der Waals surface area contributed by atoms with Crippen LogP contribution in [0.3, 0.4) is 0 Å². The Morgan fingerprint density at radius 2 is 1.69 bits per heavy atom. The number of aromatic nitrogens is 1. The fourth-order valence-corrected chi connectivity index (χ4v) is 2.53. The number of hydrogen-bond donors (Lipinski definition) is 1. The van der Waals surface area contributed by atoms with Gasteiger partial charge < -0.3 is 14.6 Å². The van der Waals surface area contributed by atoms with Crippen molar-refractivity contribution in [2.45, 2.75) is 20.0 Å². The van der Waals surface area contributed by atoms with Crippen LogP contribution in [0.15, 0.2) is 73.1 Å². The minimum Gasteiger partial charge on any atom is -0.449 e. The topological polar surface area (TPSA) is 60.3 Å². The number of benzene rings is 2. The third kappa shape index (κ3) is 4.19. The molecular weight excluding hydrogens is 328 g/mol. The minimum absolute atomic E-state index is 0.368. The fraction of sp³-hybridized carbons (Fsp3) is 0.143. The van der Waals surface area contributed by atoms with E-state index < -0.39 is 12.1 Å². The first-order chi connectivity index (χ1) is 12.5. The first-order valence-corrected chi connectivity index (χ1v) is 8.35. The quantitative estimate of drug-likeness (QED) is 0.710. The molecule has 26 heavy (non-hydrogen) atoms. The number of rotatable bonds is 5. The Morgan fingerprint density at radius 1 is 1.00 bits per heavy atom. The molecule has 132 valence electrons. The number of anilines is 1. The normalized spacial score (nSPS) is 11.6. The Morgan fingerprint density at radius 3 is 2.35 bits per heavy atom. The molecule has 0 unspecified atom stereocenters. The van der Waals surface area contributed by atoms with Gasteiger partial charge in [0, 0.05) is 23.8 Å². The molecule has 1 atom stereocenters. The maximum Gasteiger partial charge on any atom is 0.338 e. The summed E-state index contributed by atoms with van der Waals surface area (Å²) < 4.78 is 7.21. The lowest BCUT2D eigenvalue weighted by Crippen LogP contribution is -2.30. The SMILES string of the molecule is Cc1cccc(NC(=O)[C@H](C)OC(=O)c2ccc(-n3cccc3)cc2)c1. The van der Waals surface area contributed by atoms with E-state index in [4.69, 9.17) is 4.74 Å². The van der Waals surface area contributed by atoms with Crippen molar-refractivity contribution in [3.63, 3.8) is 0 Å². The monoisotopic (exact) mass is 348 g/mol. The second kappa shape index (κ2) is 7.70. The van der Waals surface area contributed by atoms with E-state index in [1.165, 1.54) is 0 Å². The summed E-state index contributed by atoms with van der Waals surface area (Å²) in [4.78, 5) is 24.5.